The first kappa shape index (κ1) is 14.5. The number of benzene rings is 2. The van der Waals surface area contributed by atoms with Crippen molar-refractivity contribution in [2.45, 2.75) is 0 Å². The summed E-state index contributed by atoms with van der Waals surface area (Å²) in [6, 6.07) is 12.2. The molecule has 0 fully saturated rings. The average Bonchev–Trinajstić information content (AvgIpc) is 2.48. The van der Waals surface area contributed by atoms with Gasteiger partial charge in [-0.1, -0.05) is 17.3 Å². The Bertz CT molecular complexity index is 642. The van der Waals surface area contributed by atoms with E-state index in [0.717, 1.165) is 0 Å². The number of oxime groups is 1. The standard InChI is InChI=1S/C15H13FN2O3/c16-12-4-6-13(7-5-12)18-15(19)10-21-14-3-1-2-11(8-14)9-17-20/h1-9,20H,10H2,(H,18,19). The largest absolute Gasteiger partial charge is 0.484 e. The Labute approximate surface area is 120 Å². The van der Waals surface area contributed by atoms with E-state index in [4.69, 9.17) is 9.94 Å². The Kier molecular flexibility index (Phi) is 4.87. The molecule has 0 spiro atoms. The molecule has 0 aliphatic rings. The summed E-state index contributed by atoms with van der Waals surface area (Å²) in [5.41, 5.74) is 1.14. The lowest BCUT2D eigenvalue weighted by atomic mass is 10.2. The summed E-state index contributed by atoms with van der Waals surface area (Å²) in [4.78, 5) is 11.7. The van der Waals surface area contributed by atoms with E-state index < -0.39 is 0 Å². The van der Waals surface area contributed by atoms with E-state index in [9.17, 15) is 9.18 Å². The first-order valence-corrected chi connectivity index (χ1v) is 6.13. The second-order valence-corrected chi connectivity index (χ2v) is 4.16. The Morgan fingerprint density at radius 1 is 1.29 bits per heavy atom. The van der Waals surface area contributed by atoms with Gasteiger partial charge in [0, 0.05) is 5.69 Å². The van der Waals surface area contributed by atoms with Crippen LogP contribution in [0.4, 0.5) is 10.1 Å². The van der Waals surface area contributed by atoms with E-state index in [1.165, 1.54) is 30.5 Å². The minimum atomic E-state index is -0.369. The molecule has 0 saturated heterocycles. The van der Waals surface area contributed by atoms with Crippen LogP contribution in [0.25, 0.3) is 0 Å². The molecule has 108 valence electrons. The quantitative estimate of drug-likeness (QED) is 0.505. The molecule has 5 nitrogen and oxygen atoms in total. The maximum absolute atomic E-state index is 12.7. The van der Waals surface area contributed by atoms with Gasteiger partial charge in [-0.15, -0.1) is 0 Å². The van der Waals surface area contributed by atoms with Crippen LogP contribution in [0.5, 0.6) is 5.75 Å². The summed E-state index contributed by atoms with van der Waals surface area (Å²) in [5, 5.41) is 13.9. The van der Waals surface area contributed by atoms with Crippen LogP contribution < -0.4 is 10.1 Å². The van der Waals surface area contributed by atoms with E-state index in [2.05, 4.69) is 10.5 Å². The first-order chi connectivity index (χ1) is 10.2. The number of amides is 1. The molecule has 2 rings (SSSR count). The van der Waals surface area contributed by atoms with Gasteiger partial charge in [0.2, 0.25) is 0 Å². The summed E-state index contributed by atoms with van der Waals surface area (Å²) >= 11 is 0. The lowest BCUT2D eigenvalue weighted by Gasteiger charge is -2.08. The van der Waals surface area contributed by atoms with Crippen LogP contribution in [-0.2, 0) is 4.79 Å². The van der Waals surface area contributed by atoms with Crippen molar-refractivity contribution in [3.8, 4) is 5.75 Å². The van der Waals surface area contributed by atoms with Crippen LogP contribution >= 0.6 is 0 Å². The second kappa shape index (κ2) is 7.04. The van der Waals surface area contributed by atoms with Gasteiger partial charge in [-0.3, -0.25) is 4.79 Å². The van der Waals surface area contributed by atoms with Crippen LogP contribution in [-0.4, -0.2) is 23.9 Å². The molecule has 0 saturated carbocycles. The molecule has 1 amide bonds. The highest BCUT2D eigenvalue weighted by Crippen LogP contribution is 2.12. The van der Waals surface area contributed by atoms with Crippen LogP contribution in [0, 0.1) is 5.82 Å². The molecule has 2 N–H and O–H groups in total. The van der Waals surface area contributed by atoms with Gasteiger partial charge in [-0.25, -0.2) is 4.39 Å². The third kappa shape index (κ3) is 4.61. The number of carbonyl (C=O) groups is 1. The highest BCUT2D eigenvalue weighted by molar-refractivity contribution is 5.91. The van der Waals surface area contributed by atoms with Crippen molar-refractivity contribution in [3.63, 3.8) is 0 Å². The minimum Gasteiger partial charge on any atom is -0.484 e. The van der Waals surface area contributed by atoms with Crippen LogP contribution in [0.3, 0.4) is 0 Å². The molecule has 0 bridgehead atoms. The molecule has 21 heavy (non-hydrogen) atoms. The molecule has 0 heterocycles. The molecule has 0 aliphatic heterocycles. The summed E-state index contributed by atoms with van der Waals surface area (Å²) < 4.78 is 18.0. The Balaban J connectivity index is 1.89. The highest BCUT2D eigenvalue weighted by atomic mass is 19.1. The minimum absolute atomic E-state index is 0.183. The van der Waals surface area contributed by atoms with E-state index in [0.29, 0.717) is 17.0 Å². The molecule has 0 radical (unpaired) electrons. The number of halogens is 1. The summed E-state index contributed by atoms with van der Waals surface area (Å²) in [6.07, 6.45) is 1.26. The maximum Gasteiger partial charge on any atom is 0.262 e. The van der Waals surface area contributed by atoms with E-state index in [1.54, 1.807) is 24.3 Å². The molecular weight excluding hydrogens is 275 g/mol. The lowest BCUT2D eigenvalue weighted by Crippen LogP contribution is -2.20. The van der Waals surface area contributed by atoms with Gasteiger partial charge in [0.05, 0.1) is 6.21 Å². The van der Waals surface area contributed by atoms with Gasteiger partial charge >= 0.3 is 0 Å². The van der Waals surface area contributed by atoms with Gasteiger partial charge in [0.1, 0.15) is 11.6 Å². The number of anilines is 1. The smallest absolute Gasteiger partial charge is 0.262 e. The van der Waals surface area contributed by atoms with Gasteiger partial charge in [-0.05, 0) is 42.0 Å². The van der Waals surface area contributed by atoms with Crippen molar-refractivity contribution in [2.24, 2.45) is 5.16 Å². The fraction of sp³-hybridized carbons (Fsp3) is 0.0667. The zero-order valence-corrected chi connectivity index (χ0v) is 11.0. The zero-order valence-electron chi connectivity index (χ0n) is 11.0. The monoisotopic (exact) mass is 288 g/mol. The van der Waals surface area contributed by atoms with Gasteiger partial charge in [-0.2, -0.15) is 0 Å². The fourth-order valence-electron chi connectivity index (χ4n) is 1.63. The maximum atomic E-state index is 12.7. The highest BCUT2D eigenvalue weighted by Gasteiger charge is 2.04. The predicted octanol–water partition coefficient (Wildman–Crippen LogP) is 2.65. The van der Waals surface area contributed by atoms with E-state index in [1.807, 2.05) is 0 Å². The number of carbonyl (C=O) groups excluding carboxylic acids is 1. The number of ether oxygens (including phenoxy) is 1. The first-order valence-electron chi connectivity index (χ1n) is 6.13. The fourth-order valence-corrected chi connectivity index (χ4v) is 1.63. The number of nitrogens with one attached hydrogen (secondary N) is 1. The summed E-state index contributed by atoms with van der Waals surface area (Å²) in [5.74, 6) is -0.254. The zero-order chi connectivity index (χ0) is 15.1. The topological polar surface area (TPSA) is 70.9 Å². The van der Waals surface area contributed by atoms with Crippen LogP contribution in [0.15, 0.2) is 53.7 Å². The van der Waals surface area contributed by atoms with Crippen molar-refractivity contribution < 1.29 is 19.1 Å². The molecule has 0 atom stereocenters. The van der Waals surface area contributed by atoms with Crippen molar-refractivity contribution in [1.82, 2.24) is 0 Å². The number of hydrogen-bond acceptors (Lipinski definition) is 4. The molecule has 0 aliphatic carbocycles. The number of rotatable bonds is 5. The number of hydrogen-bond donors (Lipinski definition) is 2. The van der Waals surface area contributed by atoms with Crippen molar-refractivity contribution in [2.75, 3.05) is 11.9 Å². The Morgan fingerprint density at radius 3 is 2.76 bits per heavy atom. The molecule has 2 aromatic rings. The molecule has 0 unspecified atom stereocenters. The Hall–Kier alpha value is -2.89. The normalized spacial score (nSPS) is 10.5. The summed E-state index contributed by atoms with van der Waals surface area (Å²) in [7, 11) is 0. The molecule has 2 aromatic carbocycles. The van der Waals surface area contributed by atoms with Crippen LogP contribution in [0.1, 0.15) is 5.56 Å². The average molecular weight is 288 g/mol. The Morgan fingerprint density at radius 2 is 2.05 bits per heavy atom. The van der Waals surface area contributed by atoms with Crippen LogP contribution in [0.2, 0.25) is 0 Å². The third-order valence-electron chi connectivity index (χ3n) is 2.56. The van der Waals surface area contributed by atoms with Gasteiger partial charge in [0.25, 0.3) is 5.91 Å². The summed E-state index contributed by atoms with van der Waals surface area (Å²) in [6.45, 7) is -0.183. The lowest BCUT2D eigenvalue weighted by molar-refractivity contribution is -0.118. The molecule has 0 aromatic heterocycles. The SMILES string of the molecule is O=C(COc1cccc(C=NO)c1)Nc1ccc(F)cc1. The predicted molar refractivity (Wildman–Crippen MR) is 76.3 cm³/mol. The van der Waals surface area contributed by atoms with Gasteiger partial charge < -0.3 is 15.3 Å². The molecule has 6 heteroatoms. The van der Waals surface area contributed by atoms with Gasteiger partial charge in [0.15, 0.2) is 6.61 Å². The third-order valence-corrected chi connectivity index (χ3v) is 2.56. The van der Waals surface area contributed by atoms with E-state index in [-0.39, 0.29) is 18.3 Å². The second-order valence-electron chi connectivity index (χ2n) is 4.16. The van der Waals surface area contributed by atoms with Crippen molar-refractivity contribution >= 4 is 17.8 Å². The number of nitrogens with zero attached hydrogens (tertiary/aromatic N) is 1. The van der Waals surface area contributed by atoms with Crippen molar-refractivity contribution in [3.05, 3.63) is 59.9 Å². The van der Waals surface area contributed by atoms with Crippen molar-refractivity contribution in [1.29, 1.82) is 0 Å². The molecular formula is C15H13FN2O3. The van der Waals surface area contributed by atoms with E-state index >= 15 is 0 Å².